The molecule has 3 heteroatoms. The molecule has 0 heterocycles. The number of aryl methyl sites for hydroxylation is 4. The van der Waals surface area contributed by atoms with Gasteiger partial charge in [0.2, 0.25) is 0 Å². The summed E-state index contributed by atoms with van der Waals surface area (Å²) in [7, 11) is 0. The summed E-state index contributed by atoms with van der Waals surface area (Å²) in [5.74, 6) is 0. The third-order valence-corrected chi connectivity index (χ3v) is 5.91. The number of rotatable bonds is 8. The van der Waals surface area contributed by atoms with Crippen LogP contribution in [0.15, 0.2) is 12.1 Å². The third kappa shape index (κ3) is 8.31. The van der Waals surface area contributed by atoms with Crippen molar-refractivity contribution < 1.29 is 51.0 Å². The fourth-order valence-corrected chi connectivity index (χ4v) is 4.57. The van der Waals surface area contributed by atoms with Gasteiger partial charge >= 0.3 is 26.2 Å². The van der Waals surface area contributed by atoms with Crippen LogP contribution >= 0.6 is 0 Å². The molecule has 0 nitrogen and oxygen atoms in total. The molecule has 0 aliphatic carbocycles. The Hall–Kier alpha value is 0.163. The molecular formula is C26H42Cl2Zr. The molecule has 2 aromatic rings. The fraction of sp³-hybridized carbons (Fsp3) is 0.615. The van der Waals surface area contributed by atoms with Gasteiger partial charge in [-0.05, 0) is 0 Å². The average molecular weight is 517 g/mol. The molecule has 0 aliphatic heterocycles. The van der Waals surface area contributed by atoms with Gasteiger partial charge in [0, 0.05) is 0 Å². The first kappa shape index (κ1) is 33.8. The smallest absolute Gasteiger partial charge is 1.00 e. The van der Waals surface area contributed by atoms with Gasteiger partial charge in [0.15, 0.2) is 0 Å². The van der Waals surface area contributed by atoms with Crippen LogP contribution in [-0.4, -0.2) is 0 Å². The quantitative estimate of drug-likeness (QED) is 0.465. The standard InChI is InChI=1S/2C13H21.2ClH.Zr/c2*1-5-10-9-11(6-2)13(8-4)12(10)7-3;;;/h2*9H,5-8H2,1-4H3;2*1H;/q2*-1;;;+4/p-2. The molecule has 0 spiro atoms. The van der Waals surface area contributed by atoms with E-state index in [2.05, 4.69) is 67.5 Å². The second kappa shape index (κ2) is 17.8. The maximum Gasteiger partial charge on any atom is 4.00 e. The normalized spacial score (nSPS) is 9.66. The van der Waals surface area contributed by atoms with E-state index < -0.39 is 0 Å². The monoisotopic (exact) mass is 514 g/mol. The molecule has 0 fully saturated rings. The van der Waals surface area contributed by atoms with Crippen molar-refractivity contribution in [1.82, 2.24) is 0 Å². The zero-order chi connectivity index (χ0) is 19.7. The van der Waals surface area contributed by atoms with E-state index in [1.807, 2.05) is 0 Å². The topological polar surface area (TPSA) is 0 Å². The zero-order valence-corrected chi connectivity index (χ0v) is 24.0. The summed E-state index contributed by atoms with van der Waals surface area (Å²) in [4.78, 5) is 0. The summed E-state index contributed by atoms with van der Waals surface area (Å²) in [5.41, 5.74) is 12.8. The van der Waals surface area contributed by atoms with Crippen LogP contribution in [0.2, 0.25) is 0 Å². The molecule has 0 unspecified atom stereocenters. The van der Waals surface area contributed by atoms with Crippen LogP contribution in [-0.2, 0) is 77.6 Å². The van der Waals surface area contributed by atoms with E-state index in [0.717, 1.165) is 0 Å². The maximum absolute atomic E-state index is 2.41. The third-order valence-electron chi connectivity index (χ3n) is 5.91. The van der Waals surface area contributed by atoms with Crippen molar-refractivity contribution in [3.63, 3.8) is 0 Å². The molecule has 0 bridgehead atoms. The molecule has 29 heavy (non-hydrogen) atoms. The second-order valence-corrected chi connectivity index (χ2v) is 7.13. The van der Waals surface area contributed by atoms with Crippen LogP contribution in [0, 0.1) is 0 Å². The van der Waals surface area contributed by atoms with Crippen LogP contribution in [0.3, 0.4) is 0 Å². The van der Waals surface area contributed by atoms with Gasteiger partial charge in [-0.1, -0.05) is 107 Å². The Morgan fingerprint density at radius 2 is 0.828 bits per heavy atom. The van der Waals surface area contributed by atoms with Crippen molar-refractivity contribution in [1.29, 1.82) is 0 Å². The molecule has 0 radical (unpaired) electrons. The minimum absolute atomic E-state index is 0. The molecule has 0 aliphatic rings. The predicted molar refractivity (Wildman–Crippen MR) is 119 cm³/mol. The van der Waals surface area contributed by atoms with Crippen molar-refractivity contribution >= 4 is 0 Å². The van der Waals surface area contributed by atoms with Gasteiger partial charge in [-0.2, -0.15) is 56.6 Å². The van der Waals surface area contributed by atoms with E-state index in [9.17, 15) is 0 Å². The van der Waals surface area contributed by atoms with Crippen LogP contribution in [0.25, 0.3) is 0 Å². The molecule has 0 amide bonds. The van der Waals surface area contributed by atoms with Crippen molar-refractivity contribution in [2.24, 2.45) is 0 Å². The molecule has 0 saturated carbocycles. The summed E-state index contributed by atoms with van der Waals surface area (Å²) in [6.45, 7) is 18.1. The summed E-state index contributed by atoms with van der Waals surface area (Å²) in [5, 5.41) is 0. The minimum atomic E-state index is 0. The van der Waals surface area contributed by atoms with Gasteiger partial charge in [0.05, 0.1) is 0 Å². The largest absolute Gasteiger partial charge is 4.00 e. The Morgan fingerprint density at radius 1 is 0.517 bits per heavy atom. The summed E-state index contributed by atoms with van der Waals surface area (Å²) >= 11 is 0. The predicted octanol–water partition coefficient (Wildman–Crippen LogP) is 1.32. The Morgan fingerprint density at radius 3 is 1.00 bits per heavy atom. The first-order chi connectivity index (χ1) is 12.6. The summed E-state index contributed by atoms with van der Waals surface area (Å²) in [6, 6.07) is 4.83. The van der Waals surface area contributed by atoms with Crippen molar-refractivity contribution in [2.75, 3.05) is 0 Å². The molecule has 164 valence electrons. The van der Waals surface area contributed by atoms with Crippen LogP contribution in [0.5, 0.6) is 0 Å². The van der Waals surface area contributed by atoms with E-state index in [1.54, 1.807) is 44.5 Å². The van der Waals surface area contributed by atoms with Gasteiger partial charge in [-0.3, -0.25) is 0 Å². The first-order valence-corrected chi connectivity index (χ1v) is 11.1. The number of hydrogen-bond acceptors (Lipinski definition) is 0. The molecule has 0 N–H and O–H groups in total. The van der Waals surface area contributed by atoms with E-state index in [0.29, 0.717) is 0 Å². The van der Waals surface area contributed by atoms with Crippen LogP contribution < -0.4 is 24.8 Å². The first-order valence-electron chi connectivity index (χ1n) is 11.1. The second-order valence-electron chi connectivity index (χ2n) is 7.13. The Bertz CT molecular complexity index is 554. The van der Waals surface area contributed by atoms with Gasteiger partial charge in [-0.15, -0.1) is 0 Å². The van der Waals surface area contributed by atoms with Gasteiger partial charge in [-0.25, -0.2) is 0 Å². The van der Waals surface area contributed by atoms with Crippen molar-refractivity contribution in [3.05, 3.63) is 56.6 Å². The maximum atomic E-state index is 2.41. The van der Waals surface area contributed by atoms with E-state index in [1.165, 1.54) is 51.4 Å². The number of halogens is 2. The van der Waals surface area contributed by atoms with Crippen LogP contribution in [0.4, 0.5) is 0 Å². The Kier molecular flexibility index (Phi) is 20.7. The molecule has 2 rings (SSSR count). The summed E-state index contributed by atoms with van der Waals surface area (Å²) < 4.78 is 0. The van der Waals surface area contributed by atoms with E-state index in [4.69, 9.17) is 0 Å². The fourth-order valence-electron chi connectivity index (χ4n) is 4.57. The molecule has 2 aromatic carbocycles. The Labute approximate surface area is 213 Å². The van der Waals surface area contributed by atoms with Crippen LogP contribution in [0.1, 0.15) is 99.9 Å². The van der Waals surface area contributed by atoms with Gasteiger partial charge in [0.1, 0.15) is 0 Å². The molecule has 0 aromatic heterocycles. The molecule has 0 saturated heterocycles. The van der Waals surface area contributed by atoms with E-state index >= 15 is 0 Å². The molecule has 0 atom stereocenters. The number of hydrogen-bond donors (Lipinski definition) is 0. The van der Waals surface area contributed by atoms with Crippen molar-refractivity contribution in [2.45, 2.75) is 107 Å². The SMILES string of the molecule is CCc1c[c-](CC)c(CC)c1CC.CCc1c[c-](CC)c(CC)c1CC.[Cl-].[Cl-].[Zr+4]. The minimum Gasteiger partial charge on any atom is -1.00 e. The summed E-state index contributed by atoms with van der Waals surface area (Å²) in [6.07, 6.45) is 9.57. The Balaban J connectivity index is -0.000000422. The molecular weight excluding hydrogens is 474 g/mol. The van der Waals surface area contributed by atoms with Gasteiger partial charge < -0.3 is 24.8 Å². The van der Waals surface area contributed by atoms with Crippen molar-refractivity contribution in [3.8, 4) is 0 Å². The average Bonchev–Trinajstić information content (AvgIpc) is 3.23. The van der Waals surface area contributed by atoms with E-state index in [-0.39, 0.29) is 51.0 Å². The zero-order valence-electron chi connectivity index (χ0n) is 20.1. The van der Waals surface area contributed by atoms with Gasteiger partial charge in [0.25, 0.3) is 0 Å².